The summed E-state index contributed by atoms with van der Waals surface area (Å²) in [6, 6.07) is 8.17. The summed E-state index contributed by atoms with van der Waals surface area (Å²) in [5.41, 5.74) is 0.299. The Bertz CT molecular complexity index is 1780. The fraction of sp³-hybridized carbons (Fsp3) is 0.485. The van der Waals surface area contributed by atoms with Crippen molar-refractivity contribution in [2.75, 3.05) is 44.8 Å². The lowest BCUT2D eigenvalue weighted by Gasteiger charge is -2.48. The molecule has 4 fully saturated rings. The maximum absolute atomic E-state index is 14.9. The number of phenols is 1. The van der Waals surface area contributed by atoms with Crippen LogP contribution in [0, 0.1) is 12.7 Å². The third-order valence-electron chi connectivity index (χ3n) is 9.57. The first-order valence-electron chi connectivity index (χ1n) is 15.3. The Morgan fingerprint density at radius 2 is 1.98 bits per heavy atom. The number of methoxy groups -OCH3 is 1. The van der Waals surface area contributed by atoms with Crippen molar-refractivity contribution < 1.29 is 27.8 Å². The van der Waals surface area contributed by atoms with Gasteiger partial charge in [-0.1, -0.05) is 12.1 Å². The second kappa shape index (κ2) is 11.3. The van der Waals surface area contributed by atoms with E-state index in [4.69, 9.17) is 13.9 Å². The predicted molar refractivity (Wildman–Crippen MR) is 163 cm³/mol. The highest BCUT2D eigenvalue weighted by molar-refractivity contribution is 6.00. The molecule has 2 aromatic carbocycles. The number of aromatic hydroxyl groups is 1. The highest BCUT2D eigenvalue weighted by Crippen LogP contribution is 2.41. The molecule has 8 rings (SSSR count). The molecule has 2 atom stereocenters. The molecule has 4 aromatic rings. The highest BCUT2D eigenvalue weighted by atomic mass is 19.1. The maximum Gasteiger partial charge on any atom is 0.349 e. The number of fused-ring (bicyclic) bond motifs is 3. The van der Waals surface area contributed by atoms with Crippen LogP contribution in [-0.4, -0.2) is 77.7 Å². The van der Waals surface area contributed by atoms with Gasteiger partial charge in [0.05, 0.1) is 24.8 Å². The number of nitrogens with zero attached hydrogens (tertiary/aromatic N) is 4. The Hall–Kier alpha value is -3.83. The maximum atomic E-state index is 14.9. The summed E-state index contributed by atoms with van der Waals surface area (Å²) < 4.78 is 44.7. The Kier molecular flexibility index (Phi) is 7.40. The second-order valence-electron chi connectivity index (χ2n) is 12.4. The Morgan fingerprint density at radius 1 is 1.14 bits per heavy atom. The molecule has 4 aliphatic rings. The molecule has 11 heteroatoms. The normalized spacial score (nSPS) is 22.6. The van der Waals surface area contributed by atoms with E-state index in [1.54, 1.807) is 19.1 Å². The SMILES string of the molecule is COc1nc(N2CCOC3(CCC3)C2)c2c(=O)oc(-c3cc(O)cc4cccc(F)c34)c(C)c2n1.FC1CC2CCCN2C1. The molecular formula is C33H36F2N4O5. The number of phenolic OH excluding ortho intramolecular Hbond substituents is 1. The van der Waals surface area contributed by atoms with Crippen molar-refractivity contribution in [1.82, 2.24) is 14.9 Å². The summed E-state index contributed by atoms with van der Waals surface area (Å²) in [6.07, 6.45) is 5.86. The number of anilines is 1. The Morgan fingerprint density at radius 3 is 2.73 bits per heavy atom. The number of aromatic nitrogens is 2. The van der Waals surface area contributed by atoms with Crippen LogP contribution in [0.5, 0.6) is 11.8 Å². The smallest absolute Gasteiger partial charge is 0.349 e. The standard InChI is InChI=1S/C26H24FN3O5.C7H12FN/c1-14-21-20(23(29-25(28-21)33-2)30-9-10-34-26(13-30)7-4-8-26)24(32)35-22(14)17-12-16(31)11-15-5-3-6-18(27)19(15)17;8-6-4-7-2-1-3-9(7)5-6/h3,5-6,11-12,31H,4,7-10,13H2,1-2H3;6-7H,1-5H2. The highest BCUT2D eigenvalue weighted by Gasteiger charge is 2.43. The molecule has 1 aliphatic carbocycles. The van der Waals surface area contributed by atoms with Gasteiger partial charge in [0.2, 0.25) is 0 Å². The minimum absolute atomic E-state index is 0.0692. The van der Waals surface area contributed by atoms with Crippen LogP contribution in [-0.2, 0) is 4.74 Å². The fourth-order valence-electron chi connectivity index (χ4n) is 7.26. The number of ether oxygens (including phenoxy) is 2. The molecule has 1 N–H and O–H groups in total. The average Bonchev–Trinajstić information content (AvgIpc) is 3.58. The van der Waals surface area contributed by atoms with E-state index in [1.165, 1.54) is 38.2 Å². The summed E-state index contributed by atoms with van der Waals surface area (Å²) in [5, 5.41) is 11.3. The van der Waals surface area contributed by atoms with E-state index in [2.05, 4.69) is 14.9 Å². The number of rotatable bonds is 3. The van der Waals surface area contributed by atoms with Gasteiger partial charge in [-0.15, -0.1) is 0 Å². The van der Waals surface area contributed by atoms with Gasteiger partial charge in [0.1, 0.15) is 28.9 Å². The molecule has 232 valence electrons. The predicted octanol–water partition coefficient (Wildman–Crippen LogP) is 5.52. The molecule has 3 saturated heterocycles. The van der Waals surface area contributed by atoms with E-state index in [0.717, 1.165) is 32.2 Å². The third kappa shape index (κ3) is 5.05. The zero-order chi connectivity index (χ0) is 30.6. The number of benzene rings is 2. The van der Waals surface area contributed by atoms with Crippen molar-refractivity contribution in [3.63, 3.8) is 0 Å². The number of halogens is 2. The molecule has 2 unspecified atom stereocenters. The molecule has 9 nitrogen and oxygen atoms in total. The van der Waals surface area contributed by atoms with Gasteiger partial charge in [0, 0.05) is 42.2 Å². The van der Waals surface area contributed by atoms with Crippen LogP contribution >= 0.6 is 0 Å². The Labute approximate surface area is 253 Å². The van der Waals surface area contributed by atoms with Crippen LogP contribution in [0.3, 0.4) is 0 Å². The Balaban J connectivity index is 0.000000296. The van der Waals surface area contributed by atoms with Gasteiger partial charge < -0.3 is 23.9 Å². The molecule has 0 bridgehead atoms. The lowest BCUT2D eigenvalue weighted by molar-refractivity contribution is -0.106. The minimum atomic E-state index is -0.639. The van der Waals surface area contributed by atoms with Gasteiger partial charge in [-0.05, 0) is 75.6 Å². The largest absolute Gasteiger partial charge is 0.508 e. The zero-order valence-electron chi connectivity index (χ0n) is 24.9. The number of morpholine rings is 1. The third-order valence-corrected chi connectivity index (χ3v) is 9.57. The average molecular weight is 607 g/mol. The monoisotopic (exact) mass is 606 g/mol. The van der Waals surface area contributed by atoms with E-state index in [0.29, 0.717) is 54.6 Å². The topological polar surface area (TPSA) is 101 Å². The van der Waals surface area contributed by atoms with Gasteiger partial charge in [-0.2, -0.15) is 9.97 Å². The summed E-state index contributed by atoms with van der Waals surface area (Å²) in [4.78, 5) is 26.8. The van der Waals surface area contributed by atoms with Gasteiger partial charge in [-0.3, -0.25) is 4.90 Å². The van der Waals surface area contributed by atoms with Crippen LogP contribution in [0.1, 0.15) is 44.1 Å². The van der Waals surface area contributed by atoms with Crippen LogP contribution < -0.4 is 15.3 Å². The van der Waals surface area contributed by atoms with Gasteiger partial charge in [-0.25, -0.2) is 13.6 Å². The molecule has 3 aliphatic heterocycles. The summed E-state index contributed by atoms with van der Waals surface area (Å²) in [6.45, 7) is 5.32. The van der Waals surface area contributed by atoms with Crippen LogP contribution in [0.2, 0.25) is 0 Å². The molecule has 5 heterocycles. The number of hydrogen-bond acceptors (Lipinski definition) is 9. The molecule has 1 spiro atoms. The van der Waals surface area contributed by atoms with Gasteiger partial charge in [0.25, 0.3) is 0 Å². The first kappa shape index (κ1) is 28.9. The summed E-state index contributed by atoms with van der Waals surface area (Å²) >= 11 is 0. The first-order chi connectivity index (χ1) is 21.2. The van der Waals surface area contributed by atoms with Gasteiger partial charge >= 0.3 is 11.6 Å². The van der Waals surface area contributed by atoms with E-state index < -0.39 is 17.6 Å². The summed E-state index contributed by atoms with van der Waals surface area (Å²) in [5.74, 6) is 0.0226. The van der Waals surface area contributed by atoms with Gasteiger partial charge in [0.15, 0.2) is 5.82 Å². The van der Waals surface area contributed by atoms with Crippen molar-refractivity contribution in [2.24, 2.45) is 0 Å². The van der Waals surface area contributed by atoms with Crippen molar-refractivity contribution >= 4 is 27.5 Å². The molecule has 1 saturated carbocycles. The molecular weight excluding hydrogens is 570 g/mol. The molecule has 44 heavy (non-hydrogen) atoms. The lowest BCUT2D eigenvalue weighted by Crippen LogP contribution is -2.56. The summed E-state index contributed by atoms with van der Waals surface area (Å²) in [7, 11) is 1.47. The minimum Gasteiger partial charge on any atom is -0.508 e. The van der Waals surface area contributed by atoms with E-state index >= 15 is 0 Å². The first-order valence-corrected chi connectivity index (χ1v) is 15.3. The zero-order valence-corrected chi connectivity index (χ0v) is 24.9. The molecule has 2 aromatic heterocycles. The second-order valence-corrected chi connectivity index (χ2v) is 12.4. The number of hydrogen-bond donors (Lipinski definition) is 1. The number of alkyl halides is 1. The van der Waals surface area contributed by atoms with Crippen molar-refractivity contribution in [2.45, 2.75) is 63.3 Å². The lowest BCUT2D eigenvalue weighted by atomic mass is 9.79. The fourth-order valence-corrected chi connectivity index (χ4v) is 7.26. The van der Waals surface area contributed by atoms with E-state index in [9.17, 15) is 18.7 Å². The van der Waals surface area contributed by atoms with Crippen LogP contribution in [0.4, 0.5) is 14.6 Å². The number of aryl methyl sites for hydroxylation is 1. The quantitative estimate of drug-likeness (QED) is 0.323. The van der Waals surface area contributed by atoms with E-state index in [1.807, 2.05) is 4.90 Å². The van der Waals surface area contributed by atoms with Crippen molar-refractivity contribution in [1.29, 1.82) is 0 Å². The molecule has 0 amide bonds. The van der Waals surface area contributed by atoms with Crippen molar-refractivity contribution in [3.8, 4) is 23.1 Å². The molecule has 0 radical (unpaired) electrons. The van der Waals surface area contributed by atoms with E-state index in [-0.39, 0.29) is 39.5 Å². The van der Waals surface area contributed by atoms with Crippen molar-refractivity contribution in [3.05, 3.63) is 52.1 Å². The van der Waals surface area contributed by atoms with Crippen LogP contribution in [0.15, 0.2) is 39.5 Å². The van der Waals surface area contributed by atoms with Crippen LogP contribution in [0.25, 0.3) is 33.0 Å².